The first-order chi connectivity index (χ1) is 14.3. The third-order valence-electron chi connectivity index (χ3n) is 5.65. The Balaban J connectivity index is 1.86. The fourth-order valence-electron chi connectivity index (χ4n) is 3.97. The van der Waals surface area contributed by atoms with Crippen molar-refractivity contribution < 1.29 is 24.3 Å². The van der Waals surface area contributed by atoms with Crippen molar-refractivity contribution in [2.24, 2.45) is 0 Å². The maximum absolute atomic E-state index is 12.9. The van der Waals surface area contributed by atoms with Gasteiger partial charge in [0.15, 0.2) is 11.5 Å². The van der Waals surface area contributed by atoms with Crippen molar-refractivity contribution in [1.82, 2.24) is 5.32 Å². The van der Waals surface area contributed by atoms with Crippen LogP contribution in [0.25, 0.3) is 0 Å². The van der Waals surface area contributed by atoms with E-state index in [1.54, 1.807) is 18.3 Å². The molecule has 1 aliphatic carbocycles. The second kappa shape index (κ2) is 9.01. The highest BCUT2D eigenvalue weighted by atomic mass is 32.1. The second-order valence-corrected chi connectivity index (χ2v) is 8.64. The summed E-state index contributed by atoms with van der Waals surface area (Å²) in [4.78, 5) is 25.9. The molecule has 0 radical (unpaired) electrons. The topological polar surface area (TPSA) is 111 Å². The lowest BCUT2D eigenvalue weighted by Gasteiger charge is -2.28. The number of methoxy groups -OCH3 is 2. The van der Waals surface area contributed by atoms with E-state index in [0.717, 1.165) is 35.4 Å². The average molecular weight is 435 g/mol. The fourth-order valence-corrected chi connectivity index (χ4v) is 5.16. The Kier molecular flexibility index (Phi) is 6.62. The van der Waals surface area contributed by atoms with E-state index < -0.39 is 16.9 Å². The van der Waals surface area contributed by atoms with Crippen LogP contribution in [-0.2, 0) is 5.41 Å². The lowest BCUT2D eigenvalue weighted by molar-refractivity contribution is -0.385. The van der Waals surface area contributed by atoms with Gasteiger partial charge in [-0.1, -0.05) is 12.8 Å². The van der Waals surface area contributed by atoms with Gasteiger partial charge < -0.3 is 19.9 Å². The molecule has 2 aromatic rings. The van der Waals surface area contributed by atoms with Gasteiger partial charge in [0, 0.05) is 27.8 Å². The van der Waals surface area contributed by atoms with E-state index in [4.69, 9.17) is 9.47 Å². The molecule has 30 heavy (non-hydrogen) atoms. The first-order valence-electron chi connectivity index (χ1n) is 9.78. The molecule has 1 amide bonds. The molecule has 1 aliphatic rings. The number of aliphatic hydroxyl groups is 1. The number of ether oxygens (including phenoxy) is 2. The van der Waals surface area contributed by atoms with Crippen LogP contribution in [0.5, 0.6) is 11.5 Å². The Morgan fingerprint density at radius 2 is 1.90 bits per heavy atom. The molecule has 1 atom stereocenters. The minimum atomic E-state index is -0.601. The number of rotatable bonds is 8. The molecule has 1 aromatic carbocycles. The van der Waals surface area contributed by atoms with Crippen molar-refractivity contribution in [3.05, 3.63) is 49.7 Å². The van der Waals surface area contributed by atoms with Crippen LogP contribution in [0.1, 0.15) is 58.8 Å². The summed E-state index contributed by atoms with van der Waals surface area (Å²) in [6, 6.07) is 6.48. The summed E-state index contributed by atoms with van der Waals surface area (Å²) in [5, 5.41) is 24.3. The zero-order chi connectivity index (χ0) is 21.9. The zero-order valence-corrected chi connectivity index (χ0v) is 18.1. The van der Waals surface area contributed by atoms with Gasteiger partial charge in [-0.2, -0.15) is 0 Å². The Labute approximate surface area is 179 Å². The van der Waals surface area contributed by atoms with Crippen LogP contribution < -0.4 is 14.8 Å². The van der Waals surface area contributed by atoms with E-state index in [1.165, 1.54) is 26.4 Å². The lowest BCUT2D eigenvalue weighted by atomic mass is 9.84. The first-order valence-corrected chi connectivity index (χ1v) is 10.6. The number of carbonyl (C=O) groups excluding carboxylic acids is 1. The number of nitro benzene ring substituents is 1. The van der Waals surface area contributed by atoms with Crippen molar-refractivity contribution in [3.8, 4) is 11.5 Å². The molecule has 1 fully saturated rings. The SMILES string of the molecule is COc1cc(C(=O)NCC2(c3ccc(C(C)O)s3)CCCC2)c([N+](=O)[O-])cc1OC. The van der Waals surface area contributed by atoms with Crippen LogP contribution >= 0.6 is 11.3 Å². The molecule has 1 saturated carbocycles. The number of hydrogen-bond acceptors (Lipinski definition) is 7. The van der Waals surface area contributed by atoms with Gasteiger partial charge in [0.05, 0.1) is 31.3 Å². The second-order valence-electron chi connectivity index (χ2n) is 7.53. The van der Waals surface area contributed by atoms with E-state index in [2.05, 4.69) is 5.32 Å². The standard InChI is InChI=1S/C21H26N2O6S/c1-13(24)18-6-7-19(30-18)21(8-4-5-9-21)12-22-20(25)14-10-16(28-2)17(29-3)11-15(14)23(26)27/h6-7,10-11,13,24H,4-5,8-9,12H2,1-3H3,(H,22,25). The van der Waals surface area contributed by atoms with Crippen LogP contribution in [0, 0.1) is 10.1 Å². The van der Waals surface area contributed by atoms with Crippen molar-refractivity contribution in [3.63, 3.8) is 0 Å². The third-order valence-corrected chi connectivity index (χ3v) is 7.15. The van der Waals surface area contributed by atoms with Crippen molar-refractivity contribution in [1.29, 1.82) is 0 Å². The molecule has 0 bridgehead atoms. The molecule has 1 unspecified atom stereocenters. The first kappa shape index (κ1) is 22.0. The van der Waals surface area contributed by atoms with Crippen LogP contribution in [0.15, 0.2) is 24.3 Å². The van der Waals surface area contributed by atoms with Crippen LogP contribution in [-0.4, -0.2) is 36.7 Å². The molecule has 162 valence electrons. The highest BCUT2D eigenvalue weighted by molar-refractivity contribution is 7.12. The number of benzene rings is 1. The van der Waals surface area contributed by atoms with Gasteiger partial charge in [-0.05, 0) is 31.9 Å². The number of nitrogens with zero attached hydrogens (tertiary/aromatic N) is 1. The quantitative estimate of drug-likeness (QED) is 0.480. The summed E-state index contributed by atoms with van der Waals surface area (Å²) in [5.74, 6) is -0.0813. The summed E-state index contributed by atoms with van der Waals surface area (Å²) in [5.41, 5.74) is -0.626. The summed E-state index contributed by atoms with van der Waals surface area (Å²) in [7, 11) is 2.79. The van der Waals surface area contributed by atoms with Gasteiger partial charge >= 0.3 is 0 Å². The Morgan fingerprint density at radius 3 is 2.43 bits per heavy atom. The smallest absolute Gasteiger partial charge is 0.286 e. The number of amides is 1. The molecule has 2 N–H and O–H groups in total. The maximum atomic E-state index is 12.9. The normalized spacial score (nSPS) is 16.1. The highest BCUT2D eigenvalue weighted by Crippen LogP contribution is 2.44. The maximum Gasteiger partial charge on any atom is 0.286 e. The molecule has 0 aliphatic heterocycles. The molecule has 8 nitrogen and oxygen atoms in total. The Morgan fingerprint density at radius 1 is 1.27 bits per heavy atom. The van der Waals surface area contributed by atoms with Gasteiger partial charge in [0.2, 0.25) is 0 Å². The zero-order valence-electron chi connectivity index (χ0n) is 17.3. The fraction of sp³-hybridized carbons (Fsp3) is 0.476. The summed E-state index contributed by atoms with van der Waals surface area (Å²) in [6.45, 7) is 2.10. The minimum Gasteiger partial charge on any atom is -0.493 e. The molecular formula is C21H26N2O6S. The van der Waals surface area contributed by atoms with E-state index in [9.17, 15) is 20.0 Å². The van der Waals surface area contributed by atoms with E-state index in [-0.39, 0.29) is 28.2 Å². The van der Waals surface area contributed by atoms with Crippen LogP contribution in [0.2, 0.25) is 0 Å². The molecular weight excluding hydrogens is 408 g/mol. The predicted molar refractivity (Wildman–Crippen MR) is 114 cm³/mol. The Bertz CT molecular complexity index is 934. The monoisotopic (exact) mass is 434 g/mol. The van der Waals surface area contributed by atoms with Gasteiger partial charge in [0.1, 0.15) is 5.56 Å². The van der Waals surface area contributed by atoms with E-state index in [1.807, 2.05) is 12.1 Å². The van der Waals surface area contributed by atoms with Crippen molar-refractivity contribution >= 4 is 22.9 Å². The van der Waals surface area contributed by atoms with E-state index >= 15 is 0 Å². The summed E-state index contributed by atoms with van der Waals surface area (Å²) in [6.07, 6.45) is 3.40. The third kappa shape index (κ3) is 4.27. The van der Waals surface area contributed by atoms with Crippen LogP contribution in [0.4, 0.5) is 5.69 Å². The minimum absolute atomic E-state index is 0.0679. The molecule has 0 spiro atoms. The van der Waals surface area contributed by atoms with Crippen molar-refractivity contribution in [2.75, 3.05) is 20.8 Å². The summed E-state index contributed by atoms with van der Waals surface area (Å²) >= 11 is 1.56. The highest BCUT2D eigenvalue weighted by Gasteiger charge is 2.38. The molecule has 3 rings (SSSR count). The molecule has 9 heteroatoms. The molecule has 0 saturated heterocycles. The number of hydrogen-bond donors (Lipinski definition) is 2. The average Bonchev–Trinajstić information content (AvgIpc) is 3.41. The lowest BCUT2D eigenvalue weighted by Crippen LogP contribution is -2.38. The van der Waals surface area contributed by atoms with Gasteiger partial charge in [0.25, 0.3) is 11.6 Å². The van der Waals surface area contributed by atoms with Gasteiger partial charge in [-0.15, -0.1) is 11.3 Å². The molecule has 1 aromatic heterocycles. The number of nitro groups is 1. The largest absolute Gasteiger partial charge is 0.493 e. The van der Waals surface area contributed by atoms with Gasteiger partial charge in [-0.25, -0.2) is 0 Å². The van der Waals surface area contributed by atoms with E-state index in [0.29, 0.717) is 6.54 Å². The van der Waals surface area contributed by atoms with Gasteiger partial charge in [-0.3, -0.25) is 14.9 Å². The molecule has 1 heterocycles. The number of aliphatic hydroxyl groups excluding tert-OH is 1. The summed E-state index contributed by atoms with van der Waals surface area (Å²) < 4.78 is 10.3. The number of thiophene rings is 1. The van der Waals surface area contributed by atoms with Crippen molar-refractivity contribution in [2.45, 2.75) is 44.1 Å². The number of nitrogens with one attached hydrogen (secondary N) is 1. The predicted octanol–water partition coefficient (Wildman–Crippen LogP) is 3.97. The van der Waals surface area contributed by atoms with Crippen LogP contribution in [0.3, 0.4) is 0 Å². The number of carbonyl (C=O) groups is 1. The Hall–Kier alpha value is -2.65.